The molecule has 0 spiro atoms. The van der Waals surface area contributed by atoms with Crippen LogP contribution in [-0.4, -0.2) is 21.2 Å². The molecule has 0 saturated carbocycles. The van der Waals surface area contributed by atoms with Crippen molar-refractivity contribution in [2.75, 3.05) is 23.1 Å². The van der Waals surface area contributed by atoms with Crippen LogP contribution in [0.1, 0.15) is 5.56 Å². The minimum absolute atomic E-state index is 0.177. The van der Waals surface area contributed by atoms with E-state index >= 15 is 0 Å². The second-order valence-electron chi connectivity index (χ2n) is 3.35. The van der Waals surface area contributed by atoms with Crippen LogP contribution in [-0.2, 0) is 17.5 Å². The van der Waals surface area contributed by atoms with Crippen LogP contribution < -0.4 is 10.6 Å². The Morgan fingerprint density at radius 3 is 3.07 bits per heavy atom. The molecule has 14 heavy (non-hydrogen) atoms. The SMILES string of the molecule is Nc1ccc2c(c1)CCN2CS(=O)O. The second-order valence-corrected chi connectivity index (χ2v) is 4.25. The van der Waals surface area contributed by atoms with E-state index in [4.69, 9.17) is 10.3 Å². The molecule has 0 fully saturated rings. The second kappa shape index (κ2) is 3.59. The Labute approximate surface area is 85.0 Å². The van der Waals surface area contributed by atoms with Crippen LogP contribution in [0.4, 0.5) is 11.4 Å². The van der Waals surface area contributed by atoms with Crippen LogP contribution in [0.2, 0.25) is 0 Å². The fourth-order valence-electron chi connectivity index (χ4n) is 1.76. The van der Waals surface area contributed by atoms with Gasteiger partial charge in [-0.3, -0.25) is 0 Å². The van der Waals surface area contributed by atoms with E-state index in [9.17, 15) is 4.21 Å². The Kier molecular flexibility index (Phi) is 2.43. The number of hydrogen-bond acceptors (Lipinski definition) is 3. The van der Waals surface area contributed by atoms with E-state index in [1.807, 2.05) is 23.1 Å². The Balaban J connectivity index is 2.26. The van der Waals surface area contributed by atoms with Crippen LogP contribution >= 0.6 is 0 Å². The third kappa shape index (κ3) is 1.73. The Morgan fingerprint density at radius 2 is 2.36 bits per heavy atom. The van der Waals surface area contributed by atoms with Crippen LogP contribution in [0.5, 0.6) is 0 Å². The highest BCUT2D eigenvalue weighted by Gasteiger charge is 2.19. The first-order valence-electron chi connectivity index (χ1n) is 4.37. The molecule has 0 radical (unpaired) electrons. The van der Waals surface area contributed by atoms with Gasteiger partial charge in [0.2, 0.25) is 0 Å². The van der Waals surface area contributed by atoms with E-state index in [-0.39, 0.29) is 5.88 Å². The van der Waals surface area contributed by atoms with Gasteiger partial charge in [0.15, 0.2) is 11.1 Å². The molecule has 76 valence electrons. The third-order valence-corrected chi connectivity index (χ3v) is 2.89. The highest BCUT2D eigenvalue weighted by molar-refractivity contribution is 7.79. The van der Waals surface area contributed by atoms with Crippen molar-refractivity contribution >= 4 is 22.5 Å². The molecule has 0 amide bonds. The van der Waals surface area contributed by atoms with Gasteiger partial charge in [-0.05, 0) is 30.2 Å². The van der Waals surface area contributed by atoms with Crippen molar-refractivity contribution in [2.24, 2.45) is 0 Å². The van der Waals surface area contributed by atoms with Crippen molar-refractivity contribution in [3.8, 4) is 0 Å². The fraction of sp³-hybridized carbons (Fsp3) is 0.333. The van der Waals surface area contributed by atoms with E-state index in [1.54, 1.807) is 0 Å². The summed E-state index contributed by atoms with van der Waals surface area (Å²) in [6.07, 6.45) is 0.900. The average molecular weight is 212 g/mol. The van der Waals surface area contributed by atoms with Crippen molar-refractivity contribution in [3.05, 3.63) is 23.8 Å². The molecule has 1 aromatic carbocycles. The molecule has 0 saturated heterocycles. The molecule has 2 rings (SSSR count). The Bertz CT molecular complexity index is 381. The van der Waals surface area contributed by atoms with Gasteiger partial charge in [-0.1, -0.05) is 0 Å². The number of nitrogen functional groups attached to an aromatic ring is 1. The summed E-state index contributed by atoms with van der Waals surface area (Å²) < 4.78 is 19.5. The topological polar surface area (TPSA) is 66.6 Å². The maximum atomic E-state index is 10.7. The lowest BCUT2D eigenvalue weighted by Crippen LogP contribution is -2.24. The maximum absolute atomic E-state index is 10.7. The monoisotopic (exact) mass is 212 g/mol. The maximum Gasteiger partial charge on any atom is 0.173 e. The van der Waals surface area contributed by atoms with Crippen molar-refractivity contribution in [2.45, 2.75) is 6.42 Å². The van der Waals surface area contributed by atoms with Gasteiger partial charge in [0, 0.05) is 17.9 Å². The Hall–Kier alpha value is -1.07. The number of benzene rings is 1. The molecule has 3 N–H and O–H groups in total. The first kappa shape index (κ1) is 9.48. The summed E-state index contributed by atoms with van der Waals surface area (Å²) in [7, 11) is 0. The molecule has 1 aliphatic heterocycles. The van der Waals surface area contributed by atoms with Crippen LogP contribution in [0.15, 0.2) is 18.2 Å². The molecule has 1 unspecified atom stereocenters. The lowest BCUT2D eigenvalue weighted by atomic mass is 10.1. The van der Waals surface area contributed by atoms with E-state index < -0.39 is 11.1 Å². The number of fused-ring (bicyclic) bond motifs is 1. The quantitative estimate of drug-likeness (QED) is 0.562. The van der Waals surface area contributed by atoms with E-state index in [0.717, 1.165) is 29.9 Å². The number of hydrogen-bond donors (Lipinski definition) is 2. The van der Waals surface area contributed by atoms with Gasteiger partial charge >= 0.3 is 0 Å². The van der Waals surface area contributed by atoms with Gasteiger partial charge in [0.05, 0.1) is 0 Å². The standard InChI is InChI=1S/C9H12N2O2S/c10-8-1-2-9-7(5-8)3-4-11(9)6-14(12)13/h1-2,5H,3-4,6,10H2,(H,12,13). The van der Waals surface area contributed by atoms with Crippen LogP contribution in [0.3, 0.4) is 0 Å². The molecule has 1 atom stereocenters. The smallest absolute Gasteiger partial charge is 0.173 e. The van der Waals surface area contributed by atoms with Gasteiger partial charge in [0.1, 0.15) is 5.88 Å². The first-order chi connectivity index (χ1) is 6.66. The minimum atomic E-state index is -1.77. The zero-order valence-electron chi connectivity index (χ0n) is 7.64. The van der Waals surface area contributed by atoms with Gasteiger partial charge < -0.3 is 15.2 Å². The third-order valence-electron chi connectivity index (χ3n) is 2.36. The van der Waals surface area contributed by atoms with E-state index in [1.165, 1.54) is 0 Å². The van der Waals surface area contributed by atoms with Crippen molar-refractivity contribution in [3.63, 3.8) is 0 Å². The molecule has 0 bridgehead atoms. The number of nitrogens with zero attached hydrogens (tertiary/aromatic N) is 1. The van der Waals surface area contributed by atoms with Gasteiger partial charge in [-0.15, -0.1) is 0 Å². The highest BCUT2D eigenvalue weighted by Crippen LogP contribution is 2.29. The Morgan fingerprint density at radius 1 is 1.57 bits per heavy atom. The van der Waals surface area contributed by atoms with E-state index in [2.05, 4.69) is 0 Å². The molecule has 1 aliphatic rings. The van der Waals surface area contributed by atoms with Crippen LogP contribution in [0.25, 0.3) is 0 Å². The molecular weight excluding hydrogens is 200 g/mol. The summed E-state index contributed by atoms with van der Waals surface area (Å²) in [6, 6.07) is 5.65. The van der Waals surface area contributed by atoms with Crippen LogP contribution in [0, 0.1) is 0 Å². The largest absolute Gasteiger partial charge is 0.399 e. The first-order valence-corrected chi connectivity index (χ1v) is 5.65. The summed E-state index contributed by atoms with van der Waals surface area (Å²) >= 11 is -1.77. The zero-order valence-corrected chi connectivity index (χ0v) is 8.46. The van der Waals surface area contributed by atoms with Gasteiger partial charge in [-0.25, -0.2) is 4.21 Å². The predicted molar refractivity (Wildman–Crippen MR) is 57.5 cm³/mol. The molecule has 5 heteroatoms. The molecule has 0 aliphatic carbocycles. The minimum Gasteiger partial charge on any atom is -0.399 e. The normalized spacial score (nSPS) is 16.8. The zero-order chi connectivity index (χ0) is 10.1. The van der Waals surface area contributed by atoms with E-state index in [0.29, 0.717) is 0 Å². The lowest BCUT2D eigenvalue weighted by molar-refractivity contribution is 0.562. The summed E-state index contributed by atoms with van der Waals surface area (Å²) in [4.78, 5) is 1.91. The van der Waals surface area contributed by atoms with Crippen molar-refractivity contribution in [1.29, 1.82) is 0 Å². The lowest BCUT2D eigenvalue weighted by Gasteiger charge is -2.16. The summed E-state index contributed by atoms with van der Waals surface area (Å²) in [5, 5.41) is 0. The van der Waals surface area contributed by atoms with Crippen molar-refractivity contribution < 1.29 is 8.76 Å². The molecule has 1 aromatic rings. The van der Waals surface area contributed by atoms with Crippen molar-refractivity contribution in [1.82, 2.24) is 0 Å². The average Bonchev–Trinajstić information content (AvgIpc) is 2.47. The molecule has 4 nitrogen and oxygen atoms in total. The summed E-state index contributed by atoms with van der Waals surface area (Å²) in [6.45, 7) is 0.797. The number of nitrogens with two attached hydrogens (primary N) is 1. The number of anilines is 2. The molecular formula is C9H12N2O2S. The number of rotatable bonds is 2. The molecule has 0 aromatic heterocycles. The highest BCUT2D eigenvalue weighted by atomic mass is 32.2. The predicted octanol–water partition coefficient (Wildman–Crippen LogP) is 0.810. The molecule has 1 heterocycles. The van der Waals surface area contributed by atoms with Gasteiger partial charge in [0.25, 0.3) is 0 Å². The fourth-order valence-corrected chi connectivity index (χ4v) is 2.29. The van der Waals surface area contributed by atoms with Gasteiger partial charge in [-0.2, -0.15) is 0 Å². The summed E-state index contributed by atoms with van der Waals surface area (Å²) in [5.74, 6) is 0.177. The summed E-state index contributed by atoms with van der Waals surface area (Å²) in [5.41, 5.74) is 8.59.